The molecule has 5 N–H and O–H groups in total. The third-order valence-corrected chi connectivity index (χ3v) is 5.74. The molecule has 5 rings (SSSR count). The summed E-state index contributed by atoms with van der Waals surface area (Å²) >= 11 is 0. The van der Waals surface area contributed by atoms with E-state index in [0.717, 1.165) is 43.1 Å². The molecule has 0 aromatic heterocycles. The van der Waals surface area contributed by atoms with Crippen LogP contribution in [0, 0.1) is 23.2 Å². The fraction of sp³-hybridized carbons (Fsp3) is 0.556. The van der Waals surface area contributed by atoms with Gasteiger partial charge in [0.2, 0.25) is 0 Å². The van der Waals surface area contributed by atoms with E-state index in [1.807, 2.05) is 0 Å². The van der Waals surface area contributed by atoms with Crippen LogP contribution in [0.25, 0.3) is 0 Å². The summed E-state index contributed by atoms with van der Waals surface area (Å²) in [5.41, 5.74) is 4.60. The Morgan fingerprint density at radius 2 is 1.50 bits per heavy atom. The largest absolute Gasteiger partial charge is 0.508 e. The molecule has 4 saturated carbocycles. The lowest BCUT2D eigenvalue weighted by molar-refractivity contribution is -0.164. The van der Waals surface area contributed by atoms with Crippen LogP contribution in [0.1, 0.15) is 48.9 Å². The molecule has 0 heterocycles. The topological polar surface area (TPSA) is 121 Å². The Labute approximate surface area is 140 Å². The van der Waals surface area contributed by atoms with Crippen molar-refractivity contribution < 1.29 is 24.9 Å². The van der Waals surface area contributed by atoms with Crippen LogP contribution in [0.2, 0.25) is 0 Å². The number of aliphatic carboxylic acids is 1. The van der Waals surface area contributed by atoms with E-state index < -0.39 is 11.9 Å². The van der Waals surface area contributed by atoms with Crippen molar-refractivity contribution in [1.29, 1.82) is 0 Å². The number of rotatable bonds is 2. The zero-order valence-corrected chi connectivity index (χ0v) is 13.4. The van der Waals surface area contributed by atoms with Gasteiger partial charge in [0.25, 0.3) is 5.91 Å². The number of phenols is 2. The van der Waals surface area contributed by atoms with Crippen molar-refractivity contribution in [1.82, 2.24) is 0 Å². The number of aromatic hydroxyl groups is 2. The van der Waals surface area contributed by atoms with Crippen molar-refractivity contribution in [2.45, 2.75) is 38.5 Å². The first-order valence-electron chi connectivity index (χ1n) is 8.34. The lowest BCUT2D eigenvalue weighted by atomic mass is 9.49. The highest BCUT2D eigenvalue weighted by molar-refractivity contribution is 5.95. The van der Waals surface area contributed by atoms with Gasteiger partial charge in [-0.2, -0.15) is 0 Å². The van der Waals surface area contributed by atoms with E-state index >= 15 is 0 Å². The molecule has 1 amide bonds. The zero-order valence-electron chi connectivity index (χ0n) is 13.4. The SMILES string of the molecule is NC(=O)c1ccc(O)cc1O.O=C(O)C12CC3CC(CC(C3)C1)C2. The standard InChI is InChI=1S/C11H16O2.C7H7NO3/c12-10(13)11-4-7-1-8(5-11)3-9(2-7)6-11;8-7(11)5-2-1-4(9)3-6(5)10/h7-9H,1-6H2,(H,12,13);1-3,9-10H,(H2,8,11). The van der Waals surface area contributed by atoms with Gasteiger partial charge in [-0.3, -0.25) is 9.59 Å². The molecule has 1 aromatic carbocycles. The second kappa shape index (κ2) is 6.00. The summed E-state index contributed by atoms with van der Waals surface area (Å²) in [5.74, 6) is 0.617. The summed E-state index contributed by atoms with van der Waals surface area (Å²) in [6.45, 7) is 0. The third kappa shape index (κ3) is 3.05. The average Bonchev–Trinajstić information content (AvgIpc) is 2.45. The minimum atomic E-state index is -0.720. The van der Waals surface area contributed by atoms with Crippen LogP contribution in [0.3, 0.4) is 0 Å². The Balaban J connectivity index is 0.000000144. The monoisotopic (exact) mass is 333 g/mol. The van der Waals surface area contributed by atoms with Crippen molar-refractivity contribution in [3.05, 3.63) is 23.8 Å². The Kier molecular flexibility index (Phi) is 4.15. The van der Waals surface area contributed by atoms with Gasteiger partial charge < -0.3 is 21.1 Å². The molecule has 0 spiro atoms. The highest BCUT2D eigenvalue weighted by atomic mass is 16.4. The number of benzene rings is 1. The molecule has 0 atom stereocenters. The predicted octanol–water partition coefficient (Wildman–Crippen LogP) is 2.48. The molecule has 4 bridgehead atoms. The van der Waals surface area contributed by atoms with Gasteiger partial charge in [-0.15, -0.1) is 0 Å². The van der Waals surface area contributed by atoms with Crippen LogP contribution in [-0.2, 0) is 4.79 Å². The maximum absolute atomic E-state index is 11.3. The van der Waals surface area contributed by atoms with Crippen LogP contribution in [0.4, 0.5) is 0 Å². The van der Waals surface area contributed by atoms with Gasteiger partial charge in [-0.05, 0) is 68.4 Å². The van der Waals surface area contributed by atoms with Gasteiger partial charge >= 0.3 is 5.97 Å². The van der Waals surface area contributed by atoms with Crippen molar-refractivity contribution >= 4 is 11.9 Å². The number of primary amides is 1. The molecule has 0 radical (unpaired) electrons. The Hall–Kier alpha value is -2.24. The molecule has 6 heteroatoms. The van der Waals surface area contributed by atoms with Gasteiger partial charge in [-0.25, -0.2) is 0 Å². The molecule has 0 saturated heterocycles. The van der Waals surface area contributed by atoms with Crippen LogP contribution in [-0.4, -0.2) is 27.2 Å². The number of carboxylic acids is 1. The fourth-order valence-electron chi connectivity index (χ4n) is 5.10. The fourth-order valence-corrected chi connectivity index (χ4v) is 5.10. The van der Waals surface area contributed by atoms with E-state index in [1.54, 1.807) is 0 Å². The minimum Gasteiger partial charge on any atom is -0.508 e. The maximum Gasteiger partial charge on any atom is 0.309 e. The first-order chi connectivity index (χ1) is 11.3. The van der Waals surface area contributed by atoms with Gasteiger partial charge in [0.05, 0.1) is 11.0 Å². The number of amides is 1. The normalized spacial score (nSPS) is 32.8. The molecule has 24 heavy (non-hydrogen) atoms. The Morgan fingerprint density at radius 3 is 1.88 bits per heavy atom. The number of carbonyl (C=O) groups is 2. The van der Waals surface area contributed by atoms with Crippen LogP contribution in [0.5, 0.6) is 11.5 Å². The van der Waals surface area contributed by atoms with E-state index in [1.165, 1.54) is 31.4 Å². The summed E-state index contributed by atoms with van der Waals surface area (Å²) in [7, 11) is 0. The van der Waals surface area contributed by atoms with Crippen LogP contribution in [0.15, 0.2) is 18.2 Å². The predicted molar refractivity (Wildman–Crippen MR) is 86.5 cm³/mol. The summed E-state index contributed by atoms with van der Waals surface area (Å²) in [6.07, 6.45) is 6.92. The van der Waals surface area contributed by atoms with Crippen LogP contribution >= 0.6 is 0 Å². The molecule has 4 aliphatic carbocycles. The molecule has 4 aliphatic rings. The quantitative estimate of drug-likeness (QED) is 0.662. The highest BCUT2D eigenvalue weighted by Gasteiger charge is 2.54. The number of carboxylic acid groups (broad SMARTS) is 1. The van der Waals surface area contributed by atoms with Crippen molar-refractivity contribution in [3.63, 3.8) is 0 Å². The number of hydrogen-bond donors (Lipinski definition) is 4. The van der Waals surface area contributed by atoms with E-state index in [2.05, 4.69) is 0 Å². The Morgan fingerprint density at radius 1 is 1.00 bits per heavy atom. The first-order valence-corrected chi connectivity index (χ1v) is 8.34. The summed E-state index contributed by atoms with van der Waals surface area (Å²) in [5, 5.41) is 27.1. The molecule has 6 nitrogen and oxygen atoms in total. The molecular weight excluding hydrogens is 310 g/mol. The van der Waals surface area contributed by atoms with Crippen molar-refractivity contribution in [2.75, 3.05) is 0 Å². The summed E-state index contributed by atoms with van der Waals surface area (Å²) in [6, 6.07) is 3.59. The van der Waals surface area contributed by atoms with Crippen LogP contribution < -0.4 is 5.73 Å². The smallest absolute Gasteiger partial charge is 0.309 e. The lowest BCUT2D eigenvalue weighted by Crippen LogP contribution is -2.49. The molecular formula is C18H23NO5. The molecule has 0 unspecified atom stereocenters. The minimum absolute atomic E-state index is 0.00259. The van der Waals surface area contributed by atoms with Gasteiger partial charge in [0, 0.05) is 6.07 Å². The number of phenolic OH excluding ortho intramolecular Hbond substituents is 1. The van der Waals surface area contributed by atoms with E-state index in [0.29, 0.717) is 0 Å². The number of hydrogen-bond acceptors (Lipinski definition) is 4. The second-order valence-corrected chi connectivity index (χ2v) is 7.57. The van der Waals surface area contributed by atoms with Gasteiger partial charge in [-0.1, -0.05) is 0 Å². The molecule has 4 fully saturated rings. The first kappa shape index (κ1) is 16.6. The molecule has 0 aliphatic heterocycles. The number of nitrogens with two attached hydrogens (primary N) is 1. The van der Waals surface area contributed by atoms with Crippen molar-refractivity contribution in [3.8, 4) is 11.5 Å². The summed E-state index contributed by atoms with van der Waals surface area (Å²) in [4.78, 5) is 21.8. The zero-order chi connectivity index (χ0) is 17.5. The second-order valence-electron chi connectivity index (χ2n) is 7.57. The van der Waals surface area contributed by atoms with Gasteiger partial charge in [0.15, 0.2) is 0 Å². The molecule has 130 valence electrons. The highest BCUT2D eigenvalue weighted by Crippen LogP contribution is 2.59. The maximum atomic E-state index is 11.3. The van der Waals surface area contributed by atoms with E-state index in [-0.39, 0.29) is 22.5 Å². The molecule has 1 aromatic rings. The Bertz CT molecular complexity index is 634. The number of carbonyl (C=O) groups excluding carboxylic acids is 1. The van der Waals surface area contributed by atoms with Gasteiger partial charge in [0.1, 0.15) is 11.5 Å². The van der Waals surface area contributed by atoms with E-state index in [4.69, 9.17) is 15.9 Å². The lowest BCUT2D eigenvalue weighted by Gasteiger charge is -2.54. The average molecular weight is 333 g/mol. The van der Waals surface area contributed by atoms with Crippen molar-refractivity contribution in [2.24, 2.45) is 28.9 Å². The third-order valence-electron chi connectivity index (χ3n) is 5.74. The summed E-state index contributed by atoms with van der Waals surface area (Å²) < 4.78 is 0. The van der Waals surface area contributed by atoms with E-state index in [9.17, 15) is 14.7 Å².